The number of likely N-dealkylation sites (tertiary alicyclic amines) is 1. The molecule has 15 heteroatoms. The normalized spacial score (nSPS) is 21.5. The van der Waals surface area contributed by atoms with Gasteiger partial charge in [0.25, 0.3) is 5.56 Å². The molecular weight excluding hydrogens is 757 g/mol. The molecule has 1 aromatic carbocycles. The fraction of sp³-hybridized carbons (Fsp3) is 0.535. The van der Waals surface area contributed by atoms with Gasteiger partial charge >= 0.3 is 6.18 Å². The Kier molecular flexibility index (Phi) is 13.2. The first-order valence-corrected chi connectivity index (χ1v) is 20.1. The molecule has 2 aromatic rings. The van der Waals surface area contributed by atoms with E-state index in [2.05, 4.69) is 15.5 Å². The van der Waals surface area contributed by atoms with Gasteiger partial charge in [0.05, 0.1) is 12.7 Å². The number of benzene rings is 1. The van der Waals surface area contributed by atoms with Crippen LogP contribution in [0.3, 0.4) is 0 Å². The second-order valence-electron chi connectivity index (χ2n) is 16.1. The van der Waals surface area contributed by atoms with Gasteiger partial charge in [0, 0.05) is 94.3 Å². The van der Waals surface area contributed by atoms with Crippen molar-refractivity contribution < 1.29 is 36.7 Å². The number of methoxy groups -OCH3 is 1. The number of amides is 3. The number of nitrogens with one attached hydrogen (secondary N) is 2. The SMILES string of the molecule is COC1=CC(c2cn(C)c(=O)c(C)c2C)=CC(F)=C(CN2CCCC(N(C)C(=O)CC3CCN(c4ccc(NC5CCC(=O)NC5=O)cc4C(F)(F)F)CC3)CC2)C1. The summed E-state index contributed by atoms with van der Waals surface area (Å²) in [5.41, 5.74) is 2.74. The van der Waals surface area contributed by atoms with Gasteiger partial charge in [-0.1, -0.05) is 0 Å². The van der Waals surface area contributed by atoms with Crippen LogP contribution in [0.15, 0.2) is 58.5 Å². The summed E-state index contributed by atoms with van der Waals surface area (Å²) in [5, 5.41) is 5.05. The van der Waals surface area contributed by atoms with Crippen molar-refractivity contribution in [2.24, 2.45) is 13.0 Å². The van der Waals surface area contributed by atoms with Gasteiger partial charge in [-0.3, -0.25) is 29.4 Å². The number of carbonyl (C=O) groups excluding carboxylic acids is 3. The minimum atomic E-state index is -4.63. The Morgan fingerprint density at radius 2 is 1.74 bits per heavy atom. The third kappa shape index (κ3) is 9.84. The zero-order chi connectivity index (χ0) is 41.9. The maximum absolute atomic E-state index is 16.0. The molecule has 0 bridgehead atoms. The molecule has 3 fully saturated rings. The second-order valence-corrected chi connectivity index (χ2v) is 16.1. The molecule has 314 valence electrons. The number of aromatic nitrogens is 1. The number of hydrogen-bond donors (Lipinski definition) is 2. The van der Waals surface area contributed by atoms with Gasteiger partial charge in [-0.25, -0.2) is 4.39 Å². The first-order chi connectivity index (χ1) is 27.5. The number of hydrogen-bond acceptors (Lipinski definition) is 8. The summed E-state index contributed by atoms with van der Waals surface area (Å²) < 4.78 is 66.0. The van der Waals surface area contributed by atoms with E-state index in [-0.39, 0.29) is 53.5 Å². The fourth-order valence-corrected chi connectivity index (χ4v) is 8.57. The van der Waals surface area contributed by atoms with Crippen molar-refractivity contribution >= 4 is 34.7 Å². The molecule has 3 amide bonds. The molecule has 0 spiro atoms. The van der Waals surface area contributed by atoms with Crippen LogP contribution in [-0.4, -0.2) is 91.1 Å². The number of aryl methyl sites for hydroxylation is 1. The Morgan fingerprint density at radius 1 is 1.00 bits per heavy atom. The Hall–Kier alpha value is -4.92. The topological polar surface area (TPSA) is 116 Å². The molecule has 3 saturated heterocycles. The molecule has 2 atom stereocenters. The zero-order valence-corrected chi connectivity index (χ0v) is 33.9. The van der Waals surface area contributed by atoms with E-state index >= 15 is 4.39 Å². The molecule has 4 heterocycles. The molecule has 0 radical (unpaired) electrons. The van der Waals surface area contributed by atoms with E-state index in [1.165, 1.54) is 22.8 Å². The number of anilines is 2. The number of halogens is 4. The van der Waals surface area contributed by atoms with Gasteiger partial charge in [0.15, 0.2) is 0 Å². The van der Waals surface area contributed by atoms with Gasteiger partial charge in [0.2, 0.25) is 17.7 Å². The van der Waals surface area contributed by atoms with Crippen molar-refractivity contribution in [1.29, 1.82) is 0 Å². The summed E-state index contributed by atoms with van der Waals surface area (Å²) >= 11 is 0. The van der Waals surface area contributed by atoms with E-state index in [1.54, 1.807) is 32.2 Å². The Balaban J connectivity index is 1.03. The van der Waals surface area contributed by atoms with Crippen LogP contribution in [0.5, 0.6) is 0 Å². The molecule has 4 aliphatic rings. The van der Waals surface area contributed by atoms with Crippen molar-refractivity contribution in [3.05, 3.63) is 86.3 Å². The van der Waals surface area contributed by atoms with Crippen LogP contribution in [0.25, 0.3) is 5.57 Å². The number of carbonyl (C=O) groups is 3. The van der Waals surface area contributed by atoms with E-state index < -0.39 is 29.6 Å². The van der Waals surface area contributed by atoms with Crippen LogP contribution in [0.1, 0.15) is 80.0 Å². The average Bonchev–Trinajstić information content (AvgIpc) is 3.52. The van der Waals surface area contributed by atoms with E-state index in [0.717, 1.165) is 43.0 Å². The van der Waals surface area contributed by atoms with Gasteiger partial charge < -0.3 is 24.4 Å². The average molecular weight is 811 g/mol. The molecule has 11 nitrogen and oxygen atoms in total. The predicted octanol–water partition coefficient (Wildman–Crippen LogP) is 6.40. The monoisotopic (exact) mass is 810 g/mol. The van der Waals surface area contributed by atoms with Gasteiger partial charge in [0.1, 0.15) is 17.6 Å². The van der Waals surface area contributed by atoms with Crippen LogP contribution >= 0.6 is 0 Å². The maximum atomic E-state index is 16.0. The Morgan fingerprint density at radius 3 is 2.43 bits per heavy atom. The molecule has 2 unspecified atom stereocenters. The van der Waals surface area contributed by atoms with Crippen molar-refractivity contribution in [3.63, 3.8) is 0 Å². The molecule has 0 saturated carbocycles. The lowest BCUT2D eigenvalue weighted by molar-refractivity contribution is -0.137. The van der Waals surface area contributed by atoms with Crippen LogP contribution < -0.4 is 21.1 Å². The first-order valence-electron chi connectivity index (χ1n) is 20.1. The molecule has 6 rings (SSSR count). The van der Waals surface area contributed by atoms with Crippen LogP contribution in [0.4, 0.5) is 28.9 Å². The highest BCUT2D eigenvalue weighted by Gasteiger charge is 2.37. The summed E-state index contributed by atoms with van der Waals surface area (Å²) in [6, 6.07) is 3.18. The molecular formula is C43H54F4N6O5. The fourth-order valence-electron chi connectivity index (χ4n) is 8.57. The molecule has 3 aliphatic heterocycles. The highest BCUT2D eigenvalue weighted by atomic mass is 19.4. The van der Waals surface area contributed by atoms with E-state index in [1.807, 2.05) is 24.9 Å². The largest absolute Gasteiger partial charge is 0.501 e. The second kappa shape index (κ2) is 17.9. The lowest BCUT2D eigenvalue weighted by Crippen LogP contribution is -2.47. The lowest BCUT2D eigenvalue weighted by atomic mass is 9.91. The minimum absolute atomic E-state index is 0.0176. The number of pyridine rings is 1. The van der Waals surface area contributed by atoms with Gasteiger partial charge in [-0.05, 0) is 112 Å². The summed E-state index contributed by atoms with van der Waals surface area (Å²) in [6.45, 7) is 6.23. The number of piperidine rings is 2. The van der Waals surface area contributed by atoms with Crippen molar-refractivity contribution in [1.82, 2.24) is 19.7 Å². The first kappa shape index (κ1) is 42.7. The Labute approximate surface area is 336 Å². The standard InChI is InChI=1S/C43H54F4N6O5/c1-26-27(2)42(57)50(3)25-34(26)29-20-33(58-5)21-30(36(44)22-29)24-52-15-6-7-32(14-16-52)51(4)40(55)19-28-12-17-53(18-13-28)38-10-8-31(23-35(38)43(45,46)47)48-37-9-11-39(54)49-41(37)56/h8,10,20,22-23,25,28,32,37,48H,6-7,9,11-19,21,24H2,1-5H3,(H,49,54,56). The number of alkyl halides is 3. The van der Waals surface area contributed by atoms with E-state index in [0.29, 0.717) is 74.3 Å². The number of imide groups is 1. The van der Waals surface area contributed by atoms with Crippen molar-refractivity contribution in [3.8, 4) is 0 Å². The summed E-state index contributed by atoms with van der Waals surface area (Å²) in [5.74, 6) is -0.603. The predicted molar refractivity (Wildman–Crippen MR) is 215 cm³/mol. The minimum Gasteiger partial charge on any atom is -0.501 e. The highest BCUT2D eigenvalue weighted by molar-refractivity contribution is 6.01. The number of ether oxygens (including phenoxy) is 1. The third-order valence-corrected chi connectivity index (χ3v) is 12.3. The zero-order valence-electron chi connectivity index (χ0n) is 33.9. The van der Waals surface area contributed by atoms with Gasteiger partial charge in [-0.2, -0.15) is 13.2 Å². The van der Waals surface area contributed by atoms with Crippen molar-refractivity contribution in [2.45, 2.75) is 89.9 Å². The van der Waals surface area contributed by atoms with Crippen LogP contribution in [0.2, 0.25) is 0 Å². The van der Waals surface area contributed by atoms with Crippen LogP contribution in [-0.2, 0) is 32.3 Å². The number of allylic oxidation sites excluding steroid dienone is 5. The molecule has 58 heavy (non-hydrogen) atoms. The van der Waals surface area contributed by atoms with Crippen molar-refractivity contribution in [2.75, 3.05) is 57.1 Å². The molecule has 1 aliphatic carbocycles. The lowest BCUT2D eigenvalue weighted by Gasteiger charge is -2.36. The maximum Gasteiger partial charge on any atom is 0.418 e. The van der Waals surface area contributed by atoms with E-state index in [4.69, 9.17) is 4.74 Å². The Bertz CT molecular complexity index is 2070. The van der Waals surface area contributed by atoms with Crippen LogP contribution in [0, 0.1) is 19.8 Å². The highest BCUT2D eigenvalue weighted by Crippen LogP contribution is 2.40. The molecule has 1 aromatic heterocycles. The summed E-state index contributed by atoms with van der Waals surface area (Å²) in [4.78, 5) is 55.5. The summed E-state index contributed by atoms with van der Waals surface area (Å²) in [7, 11) is 5.09. The van der Waals surface area contributed by atoms with E-state index in [9.17, 15) is 32.3 Å². The smallest absolute Gasteiger partial charge is 0.418 e. The molecule has 2 N–H and O–H groups in total. The summed E-state index contributed by atoms with van der Waals surface area (Å²) in [6.07, 6.45) is 4.93. The number of rotatable bonds is 10. The quantitative estimate of drug-likeness (QED) is 0.210. The third-order valence-electron chi connectivity index (χ3n) is 12.3. The van der Waals surface area contributed by atoms with Gasteiger partial charge in [-0.15, -0.1) is 0 Å². The number of nitrogens with zero attached hydrogens (tertiary/aromatic N) is 4.